The van der Waals surface area contributed by atoms with Crippen LogP contribution in [0.2, 0.25) is 0 Å². The number of carbonyl (C=O) groups excluding carboxylic acids is 1. The van der Waals surface area contributed by atoms with Crippen LogP contribution < -0.4 is 11.1 Å². The molecule has 1 rings (SSSR count). The lowest BCUT2D eigenvalue weighted by atomic mass is 9.90. The molecule has 0 saturated carbocycles. The minimum atomic E-state index is -0.665. The Morgan fingerprint density at radius 2 is 1.83 bits per heavy atom. The maximum absolute atomic E-state index is 14.2. The molecule has 0 bridgehead atoms. The van der Waals surface area contributed by atoms with Crippen molar-refractivity contribution in [2.45, 2.75) is 46.5 Å². The molecule has 1 aromatic rings. The lowest BCUT2D eigenvalue weighted by Gasteiger charge is -2.21. The number of anilines is 1. The third-order valence-electron chi connectivity index (χ3n) is 2.96. The van der Waals surface area contributed by atoms with E-state index in [1.165, 1.54) is 0 Å². The highest BCUT2D eigenvalue weighted by Gasteiger charge is 2.21. The van der Waals surface area contributed by atoms with Crippen molar-refractivity contribution < 1.29 is 9.18 Å². The smallest absolute Gasteiger partial charge is 0.316 e. The number of nitrogens with one attached hydrogen (secondary N) is 1. The Morgan fingerprint density at radius 1 is 1.28 bits per heavy atom. The van der Waals surface area contributed by atoms with Gasteiger partial charge in [-0.15, -0.1) is 0 Å². The first kappa shape index (κ1) is 14.5. The lowest BCUT2D eigenvalue weighted by Crippen LogP contribution is -2.22. The molecule has 0 aromatic heterocycles. The molecule has 1 aromatic carbocycles. The number of aryl methyl sites for hydroxylation is 1. The van der Waals surface area contributed by atoms with E-state index in [2.05, 4.69) is 5.32 Å². The van der Waals surface area contributed by atoms with Gasteiger partial charge in [-0.1, -0.05) is 33.8 Å². The molecule has 0 aliphatic rings. The van der Waals surface area contributed by atoms with E-state index in [0.29, 0.717) is 16.8 Å². The van der Waals surface area contributed by atoms with Gasteiger partial charge in [0.1, 0.15) is 5.82 Å². The fourth-order valence-electron chi connectivity index (χ4n) is 2.11. The highest BCUT2D eigenvalue weighted by atomic mass is 19.1. The summed E-state index contributed by atoms with van der Waals surface area (Å²) in [5, 5.41) is 2.57. The van der Waals surface area contributed by atoms with Crippen molar-refractivity contribution in [2.24, 2.45) is 5.73 Å². The van der Waals surface area contributed by atoms with Crippen molar-refractivity contribution in [1.82, 2.24) is 0 Å². The van der Waals surface area contributed by atoms with Crippen LogP contribution in [0, 0.1) is 12.7 Å². The summed E-state index contributed by atoms with van der Waals surface area (Å²) in [6.45, 7) is 9.54. The fraction of sp³-hybridized carbons (Fsp3) is 0.500. The van der Waals surface area contributed by atoms with Crippen molar-refractivity contribution in [3.63, 3.8) is 0 Å². The van der Waals surface area contributed by atoms with Gasteiger partial charge in [-0.3, -0.25) is 0 Å². The number of hydrogen-bond donors (Lipinski definition) is 2. The van der Waals surface area contributed by atoms with Gasteiger partial charge in [-0.25, -0.2) is 9.18 Å². The molecule has 0 saturated heterocycles. The first-order valence-corrected chi connectivity index (χ1v) is 6.15. The Morgan fingerprint density at radius 3 is 2.22 bits per heavy atom. The molecule has 100 valence electrons. The van der Waals surface area contributed by atoms with E-state index in [-0.39, 0.29) is 17.7 Å². The van der Waals surface area contributed by atoms with Crippen LogP contribution in [0.15, 0.2) is 6.07 Å². The predicted molar refractivity (Wildman–Crippen MR) is 72.5 cm³/mol. The van der Waals surface area contributed by atoms with Crippen molar-refractivity contribution in [3.8, 4) is 0 Å². The molecular weight excluding hydrogens is 231 g/mol. The molecule has 4 heteroatoms. The molecule has 0 aliphatic carbocycles. The first-order valence-electron chi connectivity index (χ1n) is 6.15. The Kier molecular flexibility index (Phi) is 4.33. The van der Waals surface area contributed by atoms with Gasteiger partial charge < -0.3 is 11.1 Å². The zero-order valence-electron chi connectivity index (χ0n) is 11.6. The third-order valence-corrected chi connectivity index (χ3v) is 2.96. The van der Waals surface area contributed by atoms with Crippen molar-refractivity contribution in [2.75, 3.05) is 5.32 Å². The van der Waals surface area contributed by atoms with Crippen molar-refractivity contribution in [1.29, 1.82) is 0 Å². The number of nitrogens with two attached hydrogens (primary N) is 1. The Bertz CT molecular complexity index is 467. The summed E-state index contributed by atoms with van der Waals surface area (Å²) < 4.78 is 14.2. The van der Waals surface area contributed by atoms with Gasteiger partial charge in [0, 0.05) is 5.56 Å². The monoisotopic (exact) mass is 252 g/mol. The minimum Gasteiger partial charge on any atom is -0.351 e. The number of hydrogen-bond acceptors (Lipinski definition) is 1. The van der Waals surface area contributed by atoms with E-state index in [1.54, 1.807) is 13.0 Å². The summed E-state index contributed by atoms with van der Waals surface area (Å²) in [7, 11) is 0. The summed E-state index contributed by atoms with van der Waals surface area (Å²) in [6.07, 6.45) is 0. The first-order chi connectivity index (χ1) is 8.25. The van der Waals surface area contributed by atoms with E-state index in [4.69, 9.17) is 5.73 Å². The second-order valence-corrected chi connectivity index (χ2v) is 5.18. The number of rotatable bonds is 3. The number of primary amides is 1. The Labute approximate surface area is 108 Å². The summed E-state index contributed by atoms with van der Waals surface area (Å²) in [4.78, 5) is 11.1. The fourth-order valence-corrected chi connectivity index (χ4v) is 2.11. The minimum absolute atomic E-state index is 0.0238. The predicted octanol–water partition coefficient (Wildman–Crippen LogP) is 3.87. The van der Waals surface area contributed by atoms with Crippen LogP contribution in [-0.2, 0) is 0 Å². The number of halogens is 1. The van der Waals surface area contributed by atoms with Gasteiger partial charge in [0.05, 0.1) is 5.69 Å². The molecule has 3 N–H and O–H groups in total. The standard InChI is InChI=1S/C14H21FN2O/c1-7(2)10-6-9(5)12(15)11(8(3)4)13(10)17-14(16)18/h6-8H,1-5H3,(H3,16,17,18). The van der Waals surface area contributed by atoms with Crippen LogP contribution in [0.4, 0.5) is 14.9 Å². The molecule has 3 nitrogen and oxygen atoms in total. The Balaban J connectivity index is 3.57. The van der Waals surface area contributed by atoms with E-state index in [1.807, 2.05) is 27.7 Å². The molecule has 18 heavy (non-hydrogen) atoms. The molecule has 0 spiro atoms. The van der Waals surface area contributed by atoms with Crippen LogP contribution in [0.5, 0.6) is 0 Å². The van der Waals surface area contributed by atoms with Crippen molar-refractivity contribution in [3.05, 3.63) is 28.6 Å². The summed E-state index contributed by atoms with van der Waals surface area (Å²) >= 11 is 0. The topological polar surface area (TPSA) is 55.1 Å². The van der Waals surface area contributed by atoms with E-state index < -0.39 is 6.03 Å². The van der Waals surface area contributed by atoms with Gasteiger partial charge in [-0.05, 0) is 29.9 Å². The molecule has 0 atom stereocenters. The maximum Gasteiger partial charge on any atom is 0.316 e. The average Bonchev–Trinajstić information content (AvgIpc) is 2.21. The van der Waals surface area contributed by atoms with Gasteiger partial charge in [-0.2, -0.15) is 0 Å². The number of urea groups is 1. The molecule has 0 aliphatic heterocycles. The quantitative estimate of drug-likeness (QED) is 0.843. The second-order valence-electron chi connectivity index (χ2n) is 5.18. The van der Waals surface area contributed by atoms with Crippen LogP contribution in [0.25, 0.3) is 0 Å². The summed E-state index contributed by atoms with van der Waals surface area (Å²) in [5.41, 5.74) is 7.74. The number of amides is 2. The highest BCUT2D eigenvalue weighted by Crippen LogP contribution is 2.36. The van der Waals surface area contributed by atoms with Gasteiger partial charge in [0.15, 0.2) is 0 Å². The lowest BCUT2D eigenvalue weighted by molar-refractivity contribution is 0.259. The van der Waals surface area contributed by atoms with Gasteiger partial charge in [0.2, 0.25) is 0 Å². The summed E-state index contributed by atoms with van der Waals surface area (Å²) in [5.74, 6) is -0.106. The molecule has 0 radical (unpaired) electrons. The Hall–Kier alpha value is -1.58. The van der Waals surface area contributed by atoms with Crippen molar-refractivity contribution >= 4 is 11.7 Å². The zero-order chi connectivity index (χ0) is 14.0. The van der Waals surface area contributed by atoms with Gasteiger partial charge in [0.25, 0.3) is 0 Å². The number of carbonyl (C=O) groups is 1. The van der Waals surface area contributed by atoms with Crippen LogP contribution in [0.3, 0.4) is 0 Å². The zero-order valence-corrected chi connectivity index (χ0v) is 11.6. The molecular formula is C14H21FN2O. The normalized spacial score (nSPS) is 11.1. The third kappa shape index (κ3) is 2.81. The van der Waals surface area contributed by atoms with E-state index in [9.17, 15) is 9.18 Å². The van der Waals surface area contributed by atoms with Crippen LogP contribution in [0.1, 0.15) is 56.2 Å². The largest absolute Gasteiger partial charge is 0.351 e. The molecule has 2 amide bonds. The van der Waals surface area contributed by atoms with E-state index >= 15 is 0 Å². The van der Waals surface area contributed by atoms with Crippen LogP contribution >= 0.6 is 0 Å². The van der Waals surface area contributed by atoms with Gasteiger partial charge >= 0.3 is 6.03 Å². The number of benzene rings is 1. The van der Waals surface area contributed by atoms with Crippen LogP contribution in [-0.4, -0.2) is 6.03 Å². The highest BCUT2D eigenvalue weighted by molar-refractivity contribution is 5.90. The average molecular weight is 252 g/mol. The molecule has 0 unspecified atom stereocenters. The second kappa shape index (κ2) is 5.38. The molecule has 0 fully saturated rings. The van der Waals surface area contributed by atoms with E-state index in [0.717, 1.165) is 5.56 Å². The SMILES string of the molecule is Cc1cc(C(C)C)c(NC(N)=O)c(C(C)C)c1F. The molecule has 0 heterocycles. The summed E-state index contributed by atoms with van der Waals surface area (Å²) in [6, 6.07) is 1.11. The maximum atomic E-state index is 14.2.